The van der Waals surface area contributed by atoms with Crippen molar-refractivity contribution in [2.45, 2.75) is 38.3 Å². The van der Waals surface area contributed by atoms with Crippen LogP contribution in [0.5, 0.6) is 0 Å². The fraction of sp³-hybridized carbons (Fsp3) is 0.909. The third-order valence-corrected chi connectivity index (χ3v) is 3.00. The summed E-state index contributed by atoms with van der Waals surface area (Å²) >= 11 is 0. The number of nitrogens with zero attached hydrogens (tertiary/aromatic N) is 2. The summed E-state index contributed by atoms with van der Waals surface area (Å²) in [6.07, 6.45) is 2.22. The molecule has 88 valence electrons. The number of hydrogen-bond acceptors (Lipinski definition) is 3. The van der Waals surface area contributed by atoms with Gasteiger partial charge in [0.05, 0.1) is 12.1 Å². The van der Waals surface area contributed by atoms with Crippen molar-refractivity contribution >= 4 is 5.91 Å². The molecule has 2 unspecified atom stereocenters. The van der Waals surface area contributed by atoms with Gasteiger partial charge in [-0.2, -0.15) is 0 Å². The molecule has 1 heterocycles. The van der Waals surface area contributed by atoms with Gasteiger partial charge in [0.15, 0.2) is 0 Å². The van der Waals surface area contributed by atoms with Crippen LogP contribution in [0.1, 0.15) is 26.2 Å². The van der Waals surface area contributed by atoms with Gasteiger partial charge in [0.25, 0.3) is 0 Å². The van der Waals surface area contributed by atoms with Crippen LogP contribution < -0.4 is 0 Å². The average molecular weight is 214 g/mol. The summed E-state index contributed by atoms with van der Waals surface area (Å²) in [5.74, 6) is 0.154. The maximum atomic E-state index is 12.1. The molecule has 0 bridgehead atoms. The van der Waals surface area contributed by atoms with Crippen molar-refractivity contribution < 1.29 is 9.90 Å². The first kappa shape index (κ1) is 12.5. The summed E-state index contributed by atoms with van der Waals surface area (Å²) in [6.45, 7) is 3.31. The van der Waals surface area contributed by atoms with E-state index in [9.17, 15) is 9.90 Å². The molecule has 1 saturated heterocycles. The first-order chi connectivity index (χ1) is 7.06. The van der Waals surface area contributed by atoms with Gasteiger partial charge in [-0.1, -0.05) is 6.92 Å². The zero-order valence-corrected chi connectivity index (χ0v) is 9.94. The average Bonchev–Trinajstić information content (AvgIpc) is 2.18. The second-order valence-electron chi connectivity index (χ2n) is 4.47. The minimum atomic E-state index is -0.331. The van der Waals surface area contributed by atoms with Gasteiger partial charge in [-0.3, -0.25) is 9.69 Å². The van der Waals surface area contributed by atoms with Crippen LogP contribution in [0.15, 0.2) is 0 Å². The van der Waals surface area contributed by atoms with Crippen molar-refractivity contribution in [1.29, 1.82) is 0 Å². The lowest BCUT2D eigenvalue weighted by Gasteiger charge is -2.34. The van der Waals surface area contributed by atoms with Crippen molar-refractivity contribution in [3.8, 4) is 0 Å². The number of aliphatic hydroxyl groups excluding tert-OH is 1. The second kappa shape index (κ2) is 5.47. The van der Waals surface area contributed by atoms with E-state index in [-0.39, 0.29) is 18.1 Å². The van der Waals surface area contributed by atoms with Crippen LogP contribution >= 0.6 is 0 Å². The zero-order valence-electron chi connectivity index (χ0n) is 9.94. The van der Waals surface area contributed by atoms with Gasteiger partial charge >= 0.3 is 0 Å². The summed E-state index contributed by atoms with van der Waals surface area (Å²) in [5.41, 5.74) is 0. The van der Waals surface area contributed by atoms with E-state index in [0.29, 0.717) is 6.54 Å². The zero-order chi connectivity index (χ0) is 11.4. The first-order valence-corrected chi connectivity index (χ1v) is 5.69. The van der Waals surface area contributed by atoms with E-state index in [1.807, 2.05) is 25.9 Å². The number of carbonyl (C=O) groups excluding carboxylic acids is 1. The molecule has 1 aliphatic heterocycles. The van der Waals surface area contributed by atoms with E-state index >= 15 is 0 Å². The number of aliphatic hydroxyl groups is 1. The smallest absolute Gasteiger partial charge is 0.239 e. The highest BCUT2D eigenvalue weighted by Gasteiger charge is 2.28. The van der Waals surface area contributed by atoms with Crippen molar-refractivity contribution in [3.05, 3.63) is 0 Å². The summed E-state index contributed by atoms with van der Waals surface area (Å²) in [6, 6.07) is -0.0460. The van der Waals surface area contributed by atoms with Gasteiger partial charge in [0, 0.05) is 13.1 Å². The Morgan fingerprint density at radius 1 is 1.60 bits per heavy atom. The van der Waals surface area contributed by atoms with Gasteiger partial charge in [-0.25, -0.2) is 0 Å². The molecule has 0 aromatic carbocycles. The highest BCUT2D eigenvalue weighted by molar-refractivity contribution is 5.81. The normalized spacial score (nSPS) is 24.3. The summed E-state index contributed by atoms with van der Waals surface area (Å²) in [4.78, 5) is 15.8. The molecule has 2 atom stereocenters. The predicted molar refractivity (Wildman–Crippen MR) is 59.6 cm³/mol. The molecule has 0 spiro atoms. The monoisotopic (exact) mass is 214 g/mol. The van der Waals surface area contributed by atoms with Crippen molar-refractivity contribution in [2.24, 2.45) is 0 Å². The topological polar surface area (TPSA) is 43.8 Å². The van der Waals surface area contributed by atoms with E-state index < -0.39 is 0 Å². The standard InChI is InChI=1S/C11H22N2O2/c1-4-10(12(2)3)11(15)13-7-5-6-9(14)8-13/h9-10,14H,4-8H2,1-3H3. The lowest BCUT2D eigenvalue weighted by Crippen LogP contribution is -2.50. The molecule has 1 aliphatic rings. The molecule has 0 aromatic heterocycles. The molecule has 1 N–H and O–H groups in total. The third kappa shape index (κ3) is 3.18. The lowest BCUT2D eigenvalue weighted by molar-refractivity contribution is -0.139. The number of likely N-dealkylation sites (tertiary alicyclic amines) is 1. The van der Waals surface area contributed by atoms with E-state index in [4.69, 9.17) is 0 Å². The van der Waals surface area contributed by atoms with Crippen LogP contribution in [-0.2, 0) is 4.79 Å². The molecule has 4 heteroatoms. The number of hydrogen-bond donors (Lipinski definition) is 1. The molecule has 1 rings (SSSR count). The van der Waals surface area contributed by atoms with Crippen molar-refractivity contribution in [2.75, 3.05) is 27.2 Å². The number of likely N-dealkylation sites (N-methyl/N-ethyl adjacent to an activating group) is 1. The minimum Gasteiger partial charge on any atom is -0.391 e. The van der Waals surface area contributed by atoms with Crippen LogP contribution in [0.2, 0.25) is 0 Å². The van der Waals surface area contributed by atoms with Crippen LogP contribution in [0.4, 0.5) is 0 Å². The van der Waals surface area contributed by atoms with Gasteiger partial charge in [0.1, 0.15) is 0 Å². The number of piperidine rings is 1. The van der Waals surface area contributed by atoms with Crippen LogP contribution in [0, 0.1) is 0 Å². The highest BCUT2D eigenvalue weighted by atomic mass is 16.3. The fourth-order valence-corrected chi connectivity index (χ4v) is 2.13. The van der Waals surface area contributed by atoms with E-state index in [1.54, 1.807) is 4.90 Å². The molecular formula is C11H22N2O2. The Morgan fingerprint density at radius 3 is 2.73 bits per heavy atom. The molecule has 1 fully saturated rings. The molecule has 0 aliphatic carbocycles. The van der Waals surface area contributed by atoms with Gasteiger partial charge in [-0.05, 0) is 33.4 Å². The Morgan fingerprint density at radius 2 is 2.27 bits per heavy atom. The number of β-amino-alcohol motifs (C(OH)–C–C–N with tert-alkyl or cyclic N) is 1. The maximum Gasteiger partial charge on any atom is 0.239 e. The largest absolute Gasteiger partial charge is 0.391 e. The summed E-state index contributed by atoms with van der Waals surface area (Å²) in [5, 5.41) is 9.51. The molecular weight excluding hydrogens is 192 g/mol. The highest BCUT2D eigenvalue weighted by Crippen LogP contribution is 2.13. The summed E-state index contributed by atoms with van der Waals surface area (Å²) < 4.78 is 0. The van der Waals surface area contributed by atoms with E-state index in [0.717, 1.165) is 25.8 Å². The second-order valence-corrected chi connectivity index (χ2v) is 4.47. The lowest BCUT2D eigenvalue weighted by atomic mass is 10.1. The van der Waals surface area contributed by atoms with Crippen LogP contribution in [-0.4, -0.2) is 60.1 Å². The number of carbonyl (C=O) groups is 1. The predicted octanol–water partition coefficient (Wildman–Crippen LogP) is 0.310. The fourth-order valence-electron chi connectivity index (χ4n) is 2.13. The number of rotatable bonds is 3. The Hall–Kier alpha value is -0.610. The first-order valence-electron chi connectivity index (χ1n) is 5.69. The van der Waals surface area contributed by atoms with Gasteiger partial charge < -0.3 is 10.0 Å². The van der Waals surface area contributed by atoms with Gasteiger partial charge in [0.2, 0.25) is 5.91 Å². The Labute approximate surface area is 91.9 Å². The third-order valence-electron chi connectivity index (χ3n) is 3.00. The number of amides is 1. The Kier molecular flexibility index (Phi) is 4.54. The van der Waals surface area contributed by atoms with Crippen molar-refractivity contribution in [1.82, 2.24) is 9.80 Å². The van der Waals surface area contributed by atoms with Crippen LogP contribution in [0.25, 0.3) is 0 Å². The van der Waals surface area contributed by atoms with Crippen molar-refractivity contribution in [3.63, 3.8) is 0 Å². The Bertz CT molecular complexity index is 219. The SMILES string of the molecule is CCC(C(=O)N1CCCC(O)C1)N(C)C. The molecule has 15 heavy (non-hydrogen) atoms. The Balaban J connectivity index is 2.57. The minimum absolute atomic E-state index is 0.0460. The summed E-state index contributed by atoms with van der Waals surface area (Å²) in [7, 11) is 3.85. The van der Waals surface area contributed by atoms with E-state index in [1.165, 1.54) is 0 Å². The molecule has 0 radical (unpaired) electrons. The molecule has 4 nitrogen and oxygen atoms in total. The van der Waals surface area contributed by atoms with Crippen LogP contribution in [0.3, 0.4) is 0 Å². The molecule has 0 saturated carbocycles. The molecule has 1 amide bonds. The molecule has 0 aromatic rings. The van der Waals surface area contributed by atoms with E-state index in [2.05, 4.69) is 0 Å². The van der Waals surface area contributed by atoms with Gasteiger partial charge in [-0.15, -0.1) is 0 Å². The quantitative estimate of drug-likeness (QED) is 0.735. The maximum absolute atomic E-state index is 12.1.